The van der Waals surface area contributed by atoms with Gasteiger partial charge in [0.15, 0.2) is 0 Å². The molecule has 2 aromatic heterocycles. The summed E-state index contributed by atoms with van der Waals surface area (Å²) in [7, 11) is 0. The van der Waals surface area contributed by atoms with Crippen LogP contribution in [0.3, 0.4) is 0 Å². The van der Waals surface area contributed by atoms with Crippen molar-refractivity contribution in [1.82, 2.24) is 9.55 Å². The maximum Gasteiger partial charge on any atom is 0.290 e. The van der Waals surface area contributed by atoms with Crippen molar-refractivity contribution in [2.75, 3.05) is 11.9 Å². The molecule has 3 heterocycles. The van der Waals surface area contributed by atoms with E-state index >= 15 is 0 Å². The van der Waals surface area contributed by atoms with Crippen molar-refractivity contribution in [3.63, 3.8) is 0 Å². The molecule has 0 bridgehead atoms. The molecular formula is C16H14N4OS. The van der Waals surface area contributed by atoms with E-state index in [1.54, 1.807) is 6.07 Å². The number of fused-ring (bicyclic) bond motifs is 3. The van der Waals surface area contributed by atoms with Crippen LogP contribution >= 0.6 is 11.3 Å². The van der Waals surface area contributed by atoms with E-state index in [1.165, 1.54) is 11.3 Å². The Morgan fingerprint density at radius 3 is 3.14 bits per heavy atom. The second kappa shape index (κ2) is 5.06. The minimum atomic E-state index is -0.240. The Kier molecular flexibility index (Phi) is 3.04. The molecule has 0 atom stereocenters. The summed E-state index contributed by atoms with van der Waals surface area (Å²) in [6.45, 7) is 3.62. The first-order chi connectivity index (χ1) is 10.7. The van der Waals surface area contributed by atoms with E-state index in [1.807, 2.05) is 29.0 Å². The molecule has 0 spiro atoms. The predicted molar refractivity (Wildman–Crippen MR) is 87.2 cm³/mol. The number of carbonyl (C=O) groups is 1. The highest BCUT2D eigenvalue weighted by Gasteiger charge is 2.16. The van der Waals surface area contributed by atoms with Gasteiger partial charge in [-0.2, -0.15) is 4.99 Å². The van der Waals surface area contributed by atoms with E-state index in [0.29, 0.717) is 10.5 Å². The second-order valence-electron chi connectivity index (χ2n) is 5.25. The molecule has 0 unspecified atom stereocenters. The number of thiophene rings is 1. The average molecular weight is 310 g/mol. The summed E-state index contributed by atoms with van der Waals surface area (Å²) in [5.74, 6) is 0.749. The molecule has 1 amide bonds. The van der Waals surface area contributed by atoms with Crippen LogP contribution in [0.2, 0.25) is 0 Å². The predicted octanol–water partition coefficient (Wildman–Crippen LogP) is 2.57. The van der Waals surface area contributed by atoms with Gasteiger partial charge >= 0.3 is 0 Å². The third-order valence-electron chi connectivity index (χ3n) is 3.70. The van der Waals surface area contributed by atoms with Crippen LogP contribution in [0.5, 0.6) is 0 Å². The molecule has 22 heavy (non-hydrogen) atoms. The third-order valence-corrected chi connectivity index (χ3v) is 4.56. The number of benzene rings is 1. The molecule has 110 valence electrons. The summed E-state index contributed by atoms with van der Waals surface area (Å²) in [6.07, 6.45) is 0. The molecule has 0 radical (unpaired) electrons. The van der Waals surface area contributed by atoms with Crippen molar-refractivity contribution < 1.29 is 4.79 Å². The number of hydrogen-bond acceptors (Lipinski definition) is 4. The van der Waals surface area contributed by atoms with Gasteiger partial charge in [-0.1, -0.05) is 12.1 Å². The number of nitrogens with zero attached hydrogens (tertiary/aromatic N) is 3. The molecule has 0 saturated heterocycles. The topological polar surface area (TPSA) is 59.3 Å². The number of carbonyl (C=O) groups excluding carboxylic acids is 1. The van der Waals surface area contributed by atoms with E-state index in [9.17, 15) is 4.79 Å². The highest BCUT2D eigenvalue weighted by atomic mass is 32.1. The van der Waals surface area contributed by atoms with Crippen molar-refractivity contribution in [2.45, 2.75) is 13.5 Å². The summed E-state index contributed by atoms with van der Waals surface area (Å²) in [6, 6.07) is 9.78. The maximum atomic E-state index is 12.2. The summed E-state index contributed by atoms with van der Waals surface area (Å²) in [4.78, 5) is 21.7. The van der Waals surface area contributed by atoms with E-state index in [2.05, 4.69) is 27.4 Å². The molecule has 5 nitrogen and oxygen atoms in total. The Balaban J connectivity index is 1.96. The smallest absolute Gasteiger partial charge is 0.290 e. The lowest BCUT2D eigenvalue weighted by Crippen LogP contribution is -2.24. The van der Waals surface area contributed by atoms with Crippen molar-refractivity contribution in [3.8, 4) is 0 Å². The van der Waals surface area contributed by atoms with E-state index in [0.717, 1.165) is 35.4 Å². The first-order valence-corrected chi connectivity index (χ1v) is 7.98. The minimum absolute atomic E-state index is 0.240. The zero-order valence-electron chi connectivity index (χ0n) is 12.0. The molecule has 3 aromatic rings. The Labute approximate surface area is 131 Å². The fourth-order valence-corrected chi connectivity index (χ4v) is 3.28. The summed E-state index contributed by atoms with van der Waals surface area (Å²) in [5, 5.41) is 6.30. The molecule has 0 fully saturated rings. The van der Waals surface area contributed by atoms with Crippen LogP contribution in [0.1, 0.15) is 15.2 Å². The van der Waals surface area contributed by atoms with Gasteiger partial charge in [-0.25, -0.2) is 4.98 Å². The van der Waals surface area contributed by atoms with Crippen LogP contribution in [0.15, 0.2) is 40.7 Å². The standard InChI is InChI=1S/C16H14N4OS/c1-10-4-5-11-12(9-10)18-16(20-7-6-17-14(11)20)19-15(21)13-3-2-8-22-13/h2-5,8-9,17H,6-7H2,1H3. The molecule has 0 aliphatic carbocycles. The fourth-order valence-electron chi connectivity index (χ4n) is 2.67. The highest BCUT2D eigenvalue weighted by molar-refractivity contribution is 7.12. The van der Waals surface area contributed by atoms with Crippen LogP contribution in [-0.2, 0) is 6.54 Å². The molecule has 1 aromatic carbocycles. The van der Waals surface area contributed by atoms with E-state index in [4.69, 9.17) is 0 Å². The lowest BCUT2D eigenvalue weighted by Gasteiger charge is -2.08. The van der Waals surface area contributed by atoms with Crippen LogP contribution in [-0.4, -0.2) is 22.0 Å². The van der Waals surface area contributed by atoms with E-state index in [-0.39, 0.29) is 5.91 Å². The number of hydrogen-bond donors (Lipinski definition) is 1. The van der Waals surface area contributed by atoms with Crippen LogP contribution in [0, 0.1) is 6.92 Å². The van der Waals surface area contributed by atoms with Gasteiger partial charge in [-0.05, 0) is 36.1 Å². The Morgan fingerprint density at radius 1 is 1.41 bits per heavy atom. The van der Waals surface area contributed by atoms with Gasteiger partial charge < -0.3 is 5.32 Å². The quantitative estimate of drug-likeness (QED) is 0.751. The number of nitrogens with one attached hydrogen (secondary N) is 1. The van der Waals surface area contributed by atoms with E-state index < -0.39 is 0 Å². The number of aryl methyl sites for hydroxylation is 1. The Bertz CT molecular complexity index is 941. The molecule has 1 aliphatic rings. The van der Waals surface area contributed by atoms with Crippen molar-refractivity contribution in [3.05, 3.63) is 51.8 Å². The summed E-state index contributed by atoms with van der Waals surface area (Å²) in [5.41, 5.74) is 2.47. The zero-order valence-corrected chi connectivity index (χ0v) is 12.9. The highest BCUT2D eigenvalue weighted by Crippen LogP contribution is 2.23. The van der Waals surface area contributed by atoms with Gasteiger partial charge in [-0.15, -0.1) is 11.3 Å². The van der Waals surface area contributed by atoms with Gasteiger partial charge in [0.05, 0.1) is 10.4 Å². The van der Waals surface area contributed by atoms with Gasteiger partial charge in [0.1, 0.15) is 5.82 Å². The normalized spacial score (nSPS) is 14.1. The van der Waals surface area contributed by atoms with Crippen molar-refractivity contribution >= 4 is 34.0 Å². The number of rotatable bonds is 1. The van der Waals surface area contributed by atoms with Gasteiger partial charge in [0, 0.05) is 18.5 Å². The van der Waals surface area contributed by atoms with Crippen LogP contribution < -0.4 is 10.9 Å². The average Bonchev–Trinajstić information content (AvgIpc) is 3.18. The maximum absolute atomic E-state index is 12.2. The molecule has 1 N–H and O–H groups in total. The monoisotopic (exact) mass is 310 g/mol. The minimum Gasteiger partial charge on any atom is -0.369 e. The Hall–Kier alpha value is -2.47. The van der Waals surface area contributed by atoms with Crippen LogP contribution in [0.4, 0.5) is 5.82 Å². The van der Waals surface area contributed by atoms with Crippen molar-refractivity contribution in [2.24, 2.45) is 4.99 Å². The number of aromatic nitrogens is 2. The number of anilines is 1. The molecule has 1 aliphatic heterocycles. The SMILES string of the molecule is Cc1ccc2c3n(c(=NC(=O)c4cccs4)nc2c1)CCN3. The molecular weight excluding hydrogens is 296 g/mol. The van der Waals surface area contributed by atoms with Gasteiger partial charge in [0.2, 0.25) is 5.62 Å². The second-order valence-corrected chi connectivity index (χ2v) is 6.20. The lowest BCUT2D eigenvalue weighted by molar-refractivity contribution is 0.100. The molecule has 4 rings (SSSR count). The summed E-state index contributed by atoms with van der Waals surface area (Å²) >= 11 is 1.39. The molecule has 6 heteroatoms. The van der Waals surface area contributed by atoms with Crippen LogP contribution in [0.25, 0.3) is 10.9 Å². The first-order valence-electron chi connectivity index (χ1n) is 7.10. The first kappa shape index (κ1) is 13.2. The summed E-state index contributed by atoms with van der Waals surface area (Å²) < 4.78 is 1.98. The van der Waals surface area contributed by atoms with Gasteiger partial charge in [-0.3, -0.25) is 9.36 Å². The lowest BCUT2D eigenvalue weighted by atomic mass is 10.1. The zero-order chi connectivity index (χ0) is 15.1. The third kappa shape index (κ3) is 2.12. The largest absolute Gasteiger partial charge is 0.369 e. The Morgan fingerprint density at radius 2 is 2.32 bits per heavy atom. The molecule has 0 saturated carbocycles. The number of amides is 1. The van der Waals surface area contributed by atoms with Gasteiger partial charge in [0.25, 0.3) is 5.91 Å². The fraction of sp³-hybridized carbons (Fsp3) is 0.188. The van der Waals surface area contributed by atoms with Crippen molar-refractivity contribution in [1.29, 1.82) is 0 Å².